The number of carboxylic acid groups (broad SMARTS) is 1. The van der Waals surface area contributed by atoms with Gasteiger partial charge in [0.2, 0.25) is 0 Å². The molecule has 0 aliphatic rings. The van der Waals surface area contributed by atoms with Crippen molar-refractivity contribution in [1.29, 1.82) is 0 Å². The van der Waals surface area contributed by atoms with Crippen LogP contribution in [0.2, 0.25) is 0 Å². The zero-order valence-corrected chi connectivity index (χ0v) is 8.18. The van der Waals surface area contributed by atoms with Crippen molar-refractivity contribution in [3.05, 3.63) is 35.1 Å². The standard InChI is InChI=1S/C8H6F4.CH3NO2/c1-5-2-3-6(9)4-7(5)8(10,11)12;2-1(3)4/h2-4H,1H3;2H2,(H,3,4). The van der Waals surface area contributed by atoms with Gasteiger partial charge in [0.25, 0.3) is 0 Å². The van der Waals surface area contributed by atoms with Crippen LogP contribution < -0.4 is 5.73 Å². The minimum atomic E-state index is -4.47. The summed E-state index contributed by atoms with van der Waals surface area (Å²) in [5.41, 5.74) is 3.14. The van der Waals surface area contributed by atoms with Gasteiger partial charge in [0, 0.05) is 0 Å². The molecule has 0 saturated carbocycles. The second kappa shape index (κ2) is 5.34. The Balaban J connectivity index is 0.000000487. The lowest BCUT2D eigenvalue weighted by molar-refractivity contribution is -0.138. The molecule has 1 aromatic rings. The Morgan fingerprint density at radius 3 is 2.12 bits per heavy atom. The molecule has 0 unspecified atom stereocenters. The molecule has 3 nitrogen and oxygen atoms in total. The maximum atomic E-state index is 12.4. The van der Waals surface area contributed by atoms with Crippen molar-refractivity contribution in [2.45, 2.75) is 13.1 Å². The van der Waals surface area contributed by atoms with Gasteiger partial charge < -0.3 is 10.8 Å². The summed E-state index contributed by atoms with van der Waals surface area (Å²) in [7, 11) is 0. The van der Waals surface area contributed by atoms with Crippen LogP contribution in [0.4, 0.5) is 22.4 Å². The van der Waals surface area contributed by atoms with Gasteiger partial charge in [0.1, 0.15) is 5.82 Å². The summed E-state index contributed by atoms with van der Waals surface area (Å²) in [4.78, 5) is 8.78. The maximum absolute atomic E-state index is 12.4. The van der Waals surface area contributed by atoms with Crippen LogP contribution in [-0.2, 0) is 6.18 Å². The van der Waals surface area contributed by atoms with Crippen LogP contribution in [0.5, 0.6) is 0 Å². The minimum absolute atomic E-state index is 0.0314. The monoisotopic (exact) mass is 239 g/mol. The van der Waals surface area contributed by atoms with Crippen molar-refractivity contribution in [2.24, 2.45) is 5.73 Å². The van der Waals surface area contributed by atoms with E-state index < -0.39 is 23.7 Å². The zero-order chi connectivity index (χ0) is 12.9. The average molecular weight is 239 g/mol. The smallest absolute Gasteiger partial charge is 0.416 e. The summed E-state index contributed by atoms with van der Waals surface area (Å²) >= 11 is 0. The van der Waals surface area contributed by atoms with Crippen molar-refractivity contribution in [1.82, 2.24) is 0 Å². The molecule has 1 amide bonds. The first-order valence-electron chi connectivity index (χ1n) is 3.96. The van der Waals surface area contributed by atoms with Crippen LogP contribution in [0.1, 0.15) is 11.1 Å². The van der Waals surface area contributed by atoms with Gasteiger partial charge in [-0.1, -0.05) is 6.07 Å². The summed E-state index contributed by atoms with van der Waals surface area (Å²) in [6, 6.07) is 2.61. The normalized spacial score (nSPS) is 10.3. The number of benzene rings is 1. The minimum Gasteiger partial charge on any atom is -0.465 e. The fourth-order valence-corrected chi connectivity index (χ4v) is 0.900. The fourth-order valence-electron chi connectivity index (χ4n) is 0.900. The Kier molecular flexibility index (Phi) is 4.74. The number of halogens is 4. The summed E-state index contributed by atoms with van der Waals surface area (Å²) in [6.45, 7) is 1.29. The maximum Gasteiger partial charge on any atom is 0.416 e. The van der Waals surface area contributed by atoms with E-state index in [2.05, 4.69) is 5.73 Å². The summed E-state index contributed by atoms with van der Waals surface area (Å²) in [5, 5.41) is 7.19. The molecule has 0 heterocycles. The Labute approximate surface area is 88.5 Å². The molecular formula is C9H9F4NO2. The summed E-state index contributed by atoms with van der Waals surface area (Å²) < 4.78 is 48.6. The molecule has 7 heteroatoms. The van der Waals surface area contributed by atoms with Gasteiger partial charge in [0.05, 0.1) is 5.56 Å². The second-order valence-electron chi connectivity index (χ2n) is 2.80. The molecule has 0 bridgehead atoms. The van der Waals surface area contributed by atoms with E-state index in [0.29, 0.717) is 6.07 Å². The lowest BCUT2D eigenvalue weighted by Gasteiger charge is -2.09. The predicted molar refractivity (Wildman–Crippen MR) is 48.4 cm³/mol. The molecule has 16 heavy (non-hydrogen) atoms. The van der Waals surface area contributed by atoms with Crippen LogP contribution in [-0.4, -0.2) is 11.2 Å². The fraction of sp³-hybridized carbons (Fsp3) is 0.222. The van der Waals surface area contributed by atoms with Crippen molar-refractivity contribution in [2.75, 3.05) is 0 Å². The Morgan fingerprint density at radius 2 is 1.81 bits per heavy atom. The summed E-state index contributed by atoms with van der Waals surface area (Å²) in [6.07, 6.45) is -5.80. The Hall–Kier alpha value is -1.79. The van der Waals surface area contributed by atoms with Gasteiger partial charge in [-0.25, -0.2) is 9.18 Å². The van der Waals surface area contributed by atoms with Gasteiger partial charge >= 0.3 is 12.3 Å². The highest BCUT2D eigenvalue weighted by atomic mass is 19.4. The van der Waals surface area contributed by atoms with Crippen LogP contribution >= 0.6 is 0 Å². The van der Waals surface area contributed by atoms with E-state index in [9.17, 15) is 17.6 Å². The molecular weight excluding hydrogens is 230 g/mol. The van der Waals surface area contributed by atoms with E-state index in [1.807, 2.05) is 0 Å². The zero-order valence-electron chi connectivity index (χ0n) is 8.18. The molecule has 3 N–H and O–H groups in total. The molecule has 1 rings (SSSR count). The largest absolute Gasteiger partial charge is 0.465 e. The van der Waals surface area contributed by atoms with Crippen LogP contribution in [0.3, 0.4) is 0 Å². The van der Waals surface area contributed by atoms with Crippen molar-refractivity contribution in [3.63, 3.8) is 0 Å². The van der Waals surface area contributed by atoms with Gasteiger partial charge in [-0.05, 0) is 24.6 Å². The molecule has 0 fully saturated rings. The Morgan fingerprint density at radius 1 is 1.38 bits per heavy atom. The lowest BCUT2D eigenvalue weighted by Crippen LogP contribution is -2.07. The SMILES string of the molecule is Cc1ccc(F)cc1C(F)(F)F.NC(=O)O. The highest BCUT2D eigenvalue weighted by Gasteiger charge is 2.32. The number of alkyl halides is 3. The third-order valence-corrected chi connectivity index (χ3v) is 1.51. The Bertz CT molecular complexity index is 372. The number of hydrogen-bond donors (Lipinski definition) is 2. The first kappa shape index (κ1) is 14.2. The van der Waals surface area contributed by atoms with Crippen molar-refractivity contribution in [3.8, 4) is 0 Å². The number of hydrogen-bond acceptors (Lipinski definition) is 1. The first-order chi connectivity index (χ1) is 7.14. The molecule has 0 saturated heterocycles. The van der Waals surface area contributed by atoms with Crippen molar-refractivity contribution < 1.29 is 27.5 Å². The topological polar surface area (TPSA) is 63.3 Å². The molecule has 0 radical (unpaired) electrons. The second-order valence-corrected chi connectivity index (χ2v) is 2.80. The highest BCUT2D eigenvalue weighted by Crippen LogP contribution is 2.31. The number of primary amides is 1. The number of aryl methyl sites for hydroxylation is 1. The lowest BCUT2D eigenvalue weighted by atomic mass is 10.1. The van der Waals surface area contributed by atoms with E-state index in [-0.39, 0.29) is 5.56 Å². The number of amides is 1. The summed E-state index contributed by atoms with van der Waals surface area (Å²) in [5.74, 6) is -0.868. The molecule has 0 spiro atoms. The molecule has 0 atom stereocenters. The van der Waals surface area contributed by atoms with Crippen LogP contribution in [0.15, 0.2) is 18.2 Å². The van der Waals surface area contributed by atoms with E-state index in [4.69, 9.17) is 9.90 Å². The van der Waals surface area contributed by atoms with Crippen LogP contribution in [0, 0.1) is 12.7 Å². The number of carbonyl (C=O) groups is 1. The van der Waals surface area contributed by atoms with Gasteiger partial charge in [-0.2, -0.15) is 13.2 Å². The van der Waals surface area contributed by atoms with E-state index in [1.165, 1.54) is 6.92 Å². The van der Waals surface area contributed by atoms with Crippen LogP contribution in [0.25, 0.3) is 0 Å². The van der Waals surface area contributed by atoms with E-state index in [0.717, 1.165) is 12.1 Å². The van der Waals surface area contributed by atoms with E-state index >= 15 is 0 Å². The highest BCUT2D eigenvalue weighted by molar-refractivity contribution is 5.61. The predicted octanol–water partition coefficient (Wildman–Crippen LogP) is 2.78. The molecule has 1 aromatic carbocycles. The first-order valence-corrected chi connectivity index (χ1v) is 3.96. The number of nitrogens with two attached hydrogens (primary N) is 1. The third-order valence-electron chi connectivity index (χ3n) is 1.51. The van der Waals surface area contributed by atoms with Crippen molar-refractivity contribution >= 4 is 6.09 Å². The average Bonchev–Trinajstić information content (AvgIpc) is 2.06. The van der Waals surface area contributed by atoms with Gasteiger partial charge in [0.15, 0.2) is 0 Å². The molecule has 0 aliphatic heterocycles. The third kappa shape index (κ3) is 5.18. The van der Waals surface area contributed by atoms with E-state index in [1.54, 1.807) is 0 Å². The molecule has 90 valence electrons. The quantitative estimate of drug-likeness (QED) is 0.684. The molecule has 0 aliphatic carbocycles. The van der Waals surface area contributed by atoms with Gasteiger partial charge in [-0.3, -0.25) is 0 Å². The molecule has 0 aromatic heterocycles. The van der Waals surface area contributed by atoms with Gasteiger partial charge in [-0.15, -0.1) is 0 Å². The number of rotatable bonds is 0.